The Balaban J connectivity index is 2.07. The average molecular weight is 249 g/mol. The lowest BCUT2D eigenvalue weighted by molar-refractivity contribution is -0.138. The molecule has 1 atom stereocenters. The van der Waals surface area contributed by atoms with Crippen molar-refractivity contribution in [3.05, 3.63) is 23.9 Å². The molecule has 1 aromatic rings. The average Bonchev–Trinajstić information content (AvgIpc) is 3.12. The van der Waals surface area contributed by atoms with Crippen LogP contribution in [0.1, 0.15) is 29.8 Å². The quantitative estimate of drug-likeness (QED) is 0.693. The van der Waals surface area contributed by atoms with E-state index in [2.05, 4.69) is 10.3 Å². The van der Waals surface area contributed by atoms with Crippen molar-refractivity contribution in [3.8, 4) is 0 Å². The number of rotatable bonds is 6. The van der Waals surface area contributed by atoms with Gasteiger partial charge in [-0.25, -0.2) is 9.78 Å². The molecule has 18 heavy (non-hydrogen) atoms. The van der Waals surface area contributed by atoms with E-state index in [1.165, 1.54) is 6.07 Å². The van der Waals surface area contributed by atoms with Crippen molar-refractivity contribution in [3.63, 3.8) is 0 Å². The number of amides is 1. The molecule has 2 rings (SSSR count). The van der Waals surface area contributed by atoms with Gasteiger partial charge in [0.25, 0.3) is 5.91 Å². The van der Waals surface area contributed by atoms with Gasteiger partial charge in [0.2, 0.25) is 0 Å². The SMILES string of the molecule is NC(=O)c1cccc(NC(CC2CC2)C(=O)O)n1. The number of carboxylic acid groups (broad SMARTS) is 1. The van der Waals surface area contributed by atoms with Gasteiger partial charge in [0.05, 0.1) is 0 Å². The first-order chi connectivity index (χ1) is 8.56. The molecule has 0 radical (unpaired) electrons. The Hall–Kier alpha value is -2.11. The molecule has 1 heterocycles. The third kappa shape index (κ3) is 3.19. The number of anilines is 1. The molecule has 0 aromatic carbocycles. The van der Waals surface area contributed by atoms with Crippen LogP contribution in [0, 0.1) is 5.92 Å². The summed E-state index contributed by atoms with van der Waals surface area (Å²) in [7, 11) is 0. The van der Waals surface area contributed by atoms with Crippen LogP contribution in [-0.2, 0) is 4.79 Å². The van der Waals surface area contributed by atoms with Crippen molar-refractivity contribution in [1.82, 2.24) is 4.98 Å². The monoisotopic (exact) mass is 249 g/mol. The lowest BCUT2D eigenvalue weighted by atomic mass is 10.1. The van der Waals surface area contributed by atoms with Gasteiger partial charge in [0, 0.05) is 0 Å². The number of carboxylic acids is 1. The summed E-state index contributed by atoms with van der Waals surface area (Å²) in [5.74, 6) is -0.696. The van der Waals surface area contributed by atoms with E-state index in [4.69, 9.17) is 10.8 Å². The van der Waals surface area contributed by atoms with Crippen LogP contribution in [0.2, 0.25) is 0 Å². The van der Waals surface area contributed by atoms with Gasteiger partial charge in [-0.15, -0.1) is 0 Å². The standard InChI is InChI=1S/C12H15N3O3/c13-11(16)8-2-1-3-10(14-8)15-9(12(17)18)6-7-4-5-7/h1-3,7,9H,4-6H2,(H2,13,16)(H,14,15)(H,17,18). The summed E-state index contributed by atoms with van der Waals surface area (Å²) in [6.07, 6.45) is 2.75. The Labute approximate surface area is 104 Å². The second-order valence-corrected chi connectivity index (χ2v) is 4.49. The third-order valence-electron chi connectivity index (χ3n) is 2.89. The summed E-state index contributed by atoms with van der Waals surface area (Å²) in [5, 5.41) is 11.9. The van der Waals surface area contributed by atoms with Crippen LogP contribution in [0.5, 0.6) is 0 Å². The molecule has 1 saturated carbocycles. The predicted octanol–water partition coefficient (Wildman–Crippen LogP) is 0.846. The summed E-state index contributed by atoms with van der Waals surface area (Å²) >= 11 is 0. The highest BCUT2D eigenvalue weighted by Crippen LogP contribution is 2.34. The van der Waals surface area contributed by atoms with Gasteiger partial charge in [0.15, 0.2) is 0 Å². The number of carbonyl (C=O) groups is 2. The summed E-state index contributed by atoms with van der Waals surface area (Å²) in [5.41, 5.74) is 5.24. The Morgan fingerprint density at radius 2 is 2.22 bits per heavy atom. The minimum atomic E-state index is -0.909. The number of hydrogen-bond acceptors (Lipinski definition) is 4. The number of pyridine rings is 1. The van der Waals surface area contributed by atoms with Crippen molar-refractivity contribution < 1.29 is 14.7 Å². The van der Waals surface area contributed by atoms with Crippen molar-refractivity contribution in [2.24, 2.45) is 11.7 Å². The van der Waals surface area contributed by atoms with Crippen molar-refractivity contribution in [2.75, 3.05) is 5.32 Å². The fraction of sp³-hybridized carbons (Fsp3) is 0.417. The normalized spacial score (nSPS) is 16.0. The van der Waals surface area contributed by atoms with E-state index < -0.39 is 17.9 Å². The maximum absolute atomic E-state index is 11.1. The molecule has 1 aliphatic rings. The molecular formula is C12H15N3O3. The van der Waals surface area contributed by atoms with Crippen LogP contribution in [-0.4, -0.2) is 28.0 Å². The molecule has 1 aromatic heterocycles. The number of aliphatic carboxylic acids is 1. The van der Waals surface area contributed by atoms with Crippen LogP contribution in [0.3, 0.4) is 0 Å². The van der Waals surface area contributed by atoms with Crippen molar-refractivity contribution >= 4 is 17.7 Å². The minimum Gasteiger partial charge on any atom is -0.480 e. The fourth-order valence-electron chi connectivity index (χ4n) is 1.74. The number of nitrogens with two attached hydrogens (primary N) is 1. The lowest BCUT2D eigenvalue weighted by Crippen LogP contribution is -2.30. The van der Waals surface area contributed by atoms with Gasteiger partial charge < -0.3 is 16.2 Å². The zero-order valence-electron chi connectivity index (χ0n) is 9.80. The predicted molar refractivity (Wildman–Crippen MR) is 65.1 cm³/mol. The minimum absolute atomic E-state index is 0.121. The first-order valence-electron chi connectivity index (χ1n) is 5.82. The zero-order valence-corrected chi connectivity index (χ0v) is 9.80. The Kier molecular flexibility index (Phi) is 3.45. The van der Waals surface area contributed by atoms with Crippen LogP contribution in [0.25, 0.3) is 0 Å². The van der Waals surface area contributed by atoms with Crippen LogP contribution >= 0.6 is 0 Å². The van der Waals surface area contributed by atoms with E-state index in [1.54, 1.807) is 12.1 Å². The van der Waals surface area contributed by atoms with Gasteiger partial charge in [-0.2, -0.15) is 0 Å². The fourth-order valence-corrected chi connectivity index (χ4v) is 1.74. The molecule has 6 heteroatoms. The van der Waals surface area contributed by atoms with Crippen LogP contribution in [0.4, 0.5) is 5.82 Å². The first-order valence-corrected chi connectivity index (χ1v) is 5.82. The van der Waals surface area contributed by atoms with E-state index >= 15 is 0 Å². The molecular weight excluding hydrogens is 234 g/mol. The third-order valence-corrected chi connectivity index (χ3v) is 2.89. The molecule has 0 saturated heterocycles. The second kappa shape index (κ2) is 5.03. The van der Waals surface area contributed by atoms with Gasteiger partial charge in [-0.1, -0.05) is 18.9 Å². The summed E-state index contributed by atoms with van der Waals surface area (Å²) < 4.78 is 0. The number of hydrogen-bond donors (Lipinski definition) is 3. The topological polar surface area (TPSA) is 105 Å². The molecule has 0 aliphatic heterocycles. The molecule has 96 valence electrons. The number of carbonyl (C=O) groups excluding carboxylic acids is 1. The summed E-state index contributed by atoms with van der Waals surface area (Å²) in [4.78, 5) is 26.1. The largest absolute Gasteiger partial charge is 0.480 e. The van der Waals surface area contributed by atoms with E-state index in [0.717, 1.165) is 12.8 Å². The highest BCUT2D eigenvalue weighted by Gasteiger charge is 2.29. The highest BCUT2D eigenvalue weighted by atomic mass is 16.4. The smallest absolute Gasteiger partial charge is 0.326 e. The van der Waals surface area contributed by atoms with E-state index in [9.17, 15) is 9.59 Å². The molecule has 1 amide bonds. The van der Waals surface area contributed by atoms with Crippen LogP contribution in [0.15, 0.2) is 18.2 Å². The number of nitrogens with zero attached hydrogens (tertiary/aromatic N) is 1. The Bertz CT molecular complexity index is 471. The molecule has 1 fully saturated rings. The Morgan fingerprint density at radius 1 is 1.50 bits per heavy atom. The zero-order chi connectivity index (χ0) is 13.1. The van der Waals surface area contributed by atoms with E-state index in [0.29, 0.717) is 18.2 Å². The van der Waals surface area contributed by atoms with Crippen LogP contribution < -0.4 is 11.1 Å². The molecule has 1 unspecified atom stereocenters. The van der Waals surface area contributed by atoms with Gasteiger partial charge >= 0.3 is 5.97 Å². The molecule has 0 spiro atoms. The van der Waals surface area contributed by atoms with E-state index in [-0.39, 0.29) is 5.69 Å². The molecule has 4 N–H and O–H groups in total. The maximum Gasteiger partial charge on any atom is 0.326 e. The summed E-state index contributed by atoms with van der Waals surface area (Å²) in [6.45, 7) is 0. The van der Waals surface area contributed by atoms with Gasteiger partial charge in [-0.05, 0) is 24.5 Å². The highest BCUT2D eigenvalue weighted by molar-refractivity contribution is 5.91. The van der Waals surface area contributed by atoms with Gasteiger partial charge in [0.1, 0.15) is 17.6 Å². The van der Waals surface area contributed by atoms with Gasteiger partial charge in [-0.3, -0.25) is 4.79 Å². The number of primary amides is 1. The van der Waals surface area contributed by atoms with Crippen molar-refractivity contribution in [1.29, 1.82) is 0 Å². The Morgan fingerprint density at radius 3 is 2.78 bits per heavy atom. The van der Waals surface area contributed by atoms with Crippen molar-refractivity contribution in [2.45, 2.75) is 25.3 Å². The second-order valence-electron chi connectivity index (χ2n) is 4.49. The molecule has 6 nitrogen and oxygen atoms in total. The number of aromatic nitrogens is 1. The lowest BCUT2D eigenvalue weighted by Gasteiger charge is -2.14. The molecule has 1 aliphatic carbocycles. The summed E-state index contributed by atoms with van der Waals surface area (Å²) in [6, 6.07) is 4.05. The van der Waals surface area contributed by atoms with E-state index in [1.807, 2.05) is 0 Å². The number of nitrogens with one attached hydrogen (secondary N) is 1. The molecule has 0 bridgehead atoms. The first kappa shape index (κ1) is 12.3. The maximum atomic E-state index is 11.1.